The molecule has 0 bridgehead atoms. The van der Waals surface area contributed by atoms with Crippen LogP contribution in [0.4, 0.5) is 0 Å². The van der Waals surface area contributed by atoms with Crippen LogP contribution < -0.4 is 20.5 Å². The van der Waals surface area contributed by atoms with Crippen molar-refractivity contribution < 1.29 is 14.3 Å². The van der Waals surface area contributed by atoms with E-state index < -0.39 is 0 Å². The standard InChI is InChI=1S/C18H23N3O3S.2ClH/c1-3-18(19,4-2)11-20-16(22)13-10-25-17(21-13)12-5-6-14-15(9-12)24-8-7-23-14;;/h5-6,9-10H,3-4,7-8,11,19H2,1-2H3,(H,20,22);2*1H. The third kappa shape index (κ3) is 5.48. The van der Waals surface area contributed by atoms with E-state index in [9.17, 15) is 4.79 Å². The Hall–Kier alpha value is -1.54. The van der Waals surface area contributed by atoms with Crippen LogP contribution in [0.5, 0.6) is 11.5 Å². The molecule has 0 atom stereocenters. The lowest BCUT2D eigenvalue weighted by molar-refractivity contribution is 0.0938. The summed E-state index contributed by atoms with van der Waals surface area (Å²) in [5.74, 6) is 1.25. The van der Waals surface area contributed by atoms with Gasteiger partial charge >= 0.3 is 0 Å². The van der Waals surface area contributed by atoms with Gasteiger partial charge in [0.05, 0.1) is 0 Å². The van der Waals surface area contributed by atoms with Crippen molar-refractivity contribution in [3.8, 4) is 22.1 Å². The Bertz CT molecular complexity index is 766. The fourth-order valence-corrected chi connectivity index (χ4v) is 3.33. The van der Waals surface area contributed by atoms with Crippen molar-refractivity contribution in [2.75, 3.05) is 19.8 Å². The molecule has 3 N–H and O–H groups in total. The number of hydrogen-bond donors (Lipinski definition) is 2. The van der Waals surface area contributed by atoms with Crippen LogP contribution in [-0.2, 0) is 0 Å². The smallest absolute Gasteiger partial charge is 0.270 e. The van der Waals surface area contributed by atoms with Crippen LogP contribution in [0, 0.1) is 0 Å². The number of nitrogens with zero attached hydrogens (tertiary/aromatic N) is 1. The maximum absolute atomic E-state index is 12.3. The van der Waals surface area contributed by atoms with Gasteiger partial charge in [-0.05, 0) is 31.0 Å². The van der Waals surface area contributed by atoms with Crippen LogP contribution >= 0.6 is 36.2 Å². The van der Waals surface area contributed by atoms with Gasteiger partial charge in [0.2, 0.25) is 0 Å². The summed E-state index contributed by atoms with van der Waals surface area (Å²) < 4.78 is 11.1. The molecule has 9 heteroatoms. The second-order valence-corrected chi connectivity index (χ2v) is 7.01. The predicted molar refractivity (Wildman–Crippen MR) is 113 cm³/mol. The number of nitrogens with one attached hydrogen (secondary N) is 1. The molecule has 0 saturated heterocycles. The first-order valence-corrected chi connectivity index (χ1v) is 9.35. The topological polar surface area (TPSA) is 86.5 Å². The molecule has 1 aromatic carbocycles. The number of halogens is 2. The van der Waals surface area contributed by atoms with E-state index in [1.54, 1.807) is 5.38 Å². The monoisotopic (exact) mass is 433 g/mol. The highest BCUT2D eigenvalue weighted by atomic mass is 35.5. The summed E-state index contributed by atoms with van der Waals surface area (Å²) in [6.07, 6.45) is 1.62. The molecule has 150 valence electrons. The Balaban J connectivity index is 0.00000182. The van der Waals surface area contributed by atoms with Crippen LogP contribution in [0.25, 0.3) is 10.6 Å². The summed E-state index contributed by atoms with van der Waals surface area (Å²) in [6, 6.07) is 5.69. The number of fused-ring (bicyclic) bond motifs is 1. The second-order valence-electron chi connectivity index (χ2n) is 6.15. The van der Waals surface area contributed by atoms with Crippen molar-refractivity contribution in [3.63, 3.8) is 0 Å². The van der Waals surface area contributed by atoms with E-state index >= 15 is 0 Å². The SMILES string of the molecule is CCC(N)(CC)CNC(=O)c1csc(-c2ccc3c(c2)OCCO3)n1.Cl.Cl. The summed E-state index contributed by atoms with van der Waals surface area (Å²) in [7, 11) is 0. The maximum atomic E-state index is 12.3. The fraction of sp³-hybridized carbons (Fsp3) is 0.444. The number of thiazole rings is 1. The van der Waals surface area contributed by atoms with E-state index in [1.165, 1.54) is 11.3 Å². The van der Waals surface area contributed by atoms with E-state index in [2.05, 4.69) is 10.3 Å². The summed E-state index contributed by atoms with van der Waals surface area (Å²) in [4.78, 5) is 16.8. The van der Waals surface area contributed by atoms with Crippen LogP contribution in [0.1, 0.15) is 37.2 Å². The van der Waals surface area contributed by atoms with E-state index in [0.29, 0.717) is 31.2 Å². The van der Waals surface area contributed by atoms with Gasteiger partial charge in [-0.2, -0.15) is 0 Å². The minimum Gasteiger partial charge on any atom is -0.486 e. The minimum absolute atomic E-state index is 0. The number of aromatic nitrogens is 1. The fourth-order valence-electron chi connectivity index (χ4n) is 2.53. The first kappa shape index (κ1) is 23.5. The van der Waals surface area contributed by atoms with Crippen LogP contribution in [-0.4, -0.2) is 36.2 Å². The molecule has 1 amide bonds. The predicted octanol–water partition coefficient (Wildman–Crippen LogP) is 3.67. The van der Waals surface area contributed by atoms with Gasteiger partial charge < -0.3 is 20.5 Å². The van der Waals surface area contributed by atoms with Crippen molar-refractivity contribution in [1.29, 1.82) is 0 Å². The maximum Gasteiger partial charge on any atom is 0.270 e. The first-order valence-electron chi connectivity index (χ1n) is 8.47. The number of rotatable bonds is 6. The molecular formula is C18H25Cl2N3O3S. The molecule has 6 nitrogen and oxygen atoms in total. The number of carbonyl (C=O) groups excluding carboxylic acids is 1. The molecule has 1 aliphatic rings. The Morgan fingerprint density at radius 3 is 2.56 bits per heavy atom. The largest absolute Gasteiger partial charge is 0.486 e. The number of hydrogen-bond acceptors (Lipinski definition) is 6. The zero-order chi connectivity index (χ0) is 17.9. The summed E-state index contributed by atoms with van der Waals surface area (Å²) in [6.45, 7) is 5.59. The zero-order valence-electron chi connectivity index (χ0n) is 15.3. The molecule has 0 spiro atoms. The van der Waals surface area contributed by atoms with Crippen molar-refractivity contribution in [1.82, 2.24) is 10.3 Å². The van der Waals surface area contributed by atoms with E-state index in [1.807, 2.05) is 32.0 Å². The van der Waals surface area contributed by atoms with Gasteiger partial charge in [0.15, 0.2) is 11.5 Å². The van der Waals surface area contributed by atoms with Gasteiger partial charge in [-0.25, -0.2) is 4.98 Å². The average Bonchev–Trinajstić information content (AvgIpc) is 3.15. The average molecular weight is 434 g/mol. The van der Waals surface area contributed by atoms with Crippen molar-refractivity contribution in [3.05, 3.63) is 29.3 Å². The molecule has 27 heavy (non-hydrogen) atoms. The van der Waals surface area contributed by atoms with Crippen molar-refractivity contribution in [2.24, 2.45) is 5.73 Å². The minimum atomic E-state index is -0.371. The third-order valence-electron chi connectivity index (χ3n) is 4.54. The summed E-state index contributed by atoms with van der Waals surface area (Å²) >= 11 is 1.43. The lowest BCUT2D eigenvalue weighted by atomic mass is 9.94. The molecule has 2 heterocycles. The number of benzene rings is 1. The molecule has 2 aromatic rings. The molecule has 1 aromatic heterocycles. The Morgan fingerprint density at radius 1 is 1.22 bits per heavy atom. The molecule has 1 aliphatic heterocycles. The molecule has 0 fully saturated rings. The van der Waals surface area contributed by atoms with Crippen molar-refractivity contribution >= 4 is 42.1 Å². The van der Waals surface area contributed by atoms with Crippen LogP contribution in [0.3, 0.4) is 0 Å². The van der Waals surface area contributed by atoms with Crippen LogP contribution in [0.2, 0.25) is 0 Å². The summed E-state index contributed by atoms with van der Waals surface area (Å²) in [5, 5.41) is 5.42. The lowest BCUT2D eigenvalue weighted by Gasteiger charge is -2.26. The highest BCUT2D eigenvalue weighted by Crippen LogP contribution is 2.35. The van der Waals surface area contributed by atoms with Crippen molar-refractivity contribution in [2.45, 2.75) is 32.2 Å². The van der Waals surface area contributed by atoms with E-state index in [4.69, 9.17) is 15.2 Å². The number of carbonyl (C=O) groups is 1. The highest BCUT2D eigenvalue weighted by Gasteiger charge is 2.22. The van der Waals surface area contributed by atoms with E-state index in [-0.39, 0.29) is 36.3 Å². The second kappa shape index (κ2) is 10.1. The molecule has 0 saturated carbocycles. The van der Waals surface area contributed by atoms with Gasteiger partial charge in [-0.3, -0.25) is 4.79 Å². The van der Waals surface area contributed by atoms with Crippen LogP contribution in [0.15, 0.2) is 23.6 Å². The quantitative estimate of drug-likeness (QED) is 0.725. The Labute approximate surface area is 175 Å². The molecule has 3 rings (SSSR count). The van der Waals surface area contributed by atoms with Gasteiger partial charge in [-0.1, -0.05) is 13.8 Å². The van der Waals surface area contributed by atoms with E-state index in [0.717, 1.165) is 29.2 Å². The Morgan fingerprint density at radius 2 is 1.89 bits per heavy atom. The zero-order valence-corrected chi connectivity index (χ0v) is 17.8. The normalized spacial score (nSPS) is 12.6. The first-order chi connectivity index (χ1) is 12.0. The van der Waals surface area contributed by atoms with Gasteiger partial charge in [0.1, 0.15) is 23.9 Å². The van der Waals surface area contributed by atoms with Gasteiger partial charge in [-0.15, -0.1) is 36.2 Å². The molecule has 0 radical (unpaired) electrons. The molecule has 0 unspecified atom stereocenters. The lowest BCUT2D eigenvalue weighted by Crippen LogP contribution is -2.49. The number of ether oxygens (including phenoxy) is 2. The highest BCUT2D eigenvalue weighted by molar-refractivity contribution is 7.13. The molecule has 0 aliphatic carbocycles. The third-order valence-corrected chi connectivity index (χ3v) is 5.43. The number of nitrogens with two attached hydrogens (primary N) is 1. The number of amides is 1. The Kier molecular flexibility index (Phi) is 8.81. The van der Waals surface area contributed by atoms with Gasteiger partial charge in [0, 0.05) is 23.0 Å². The summed E-state index contributed by atoms with van der Waals surface area (Å²) in [5.41, 5.74) is 7.17. The molecular weight excluding hydrogens is 409 g/mol. The van der Waals surface area contributed by atoms with Gasteiger partial charge in [0.25, 0.3) is 5.91 Å².